The summed E-state index contributed by atoms with van der Waals surface area (Å²) in [5.41, 5.74) is 0.407. The first-order valence-corrected chi connectivity index (χ1v) is 22.2. The van der Waals surface area contributed by atoms with Crippen molar-refractivity contribution in [3.63, 3.8) is 0 Å². The van der Waals surface area contributed by atoms with Crippen LogP contribution in [0.2, 0.25) is 36.3 Å². The van der Waals surface area contributed by atoms with Gasteiger partial charge in [-0.15, -0.1) is 0 Å². The van der Waals surface area contributed by atoms with Gasteiger partial charge in [0.15, 0.2) is 16.6 Å². The highest BCUT2D eigenvalue weighted by atomic mass is 28.4. The molecule has 7 nitrogen and oxygen atoms in total. The number of benzene rings is 1. The Morgan fingerprint density at radius 1 is 0.841 bits per heavy atom. The molecule has 0 aliphatic carbocycles. The molecule has 0 spiro atoms. The first-order valence-electron chi connectivity index (χ1n) is 17.1. The molecule has 44 heavy (non-hydrogen) atoms. The fraction of sp³-hybridized carbons (Fsp3) is 0.800. The van der Waals surface area contributed by atoms with Gasteiger partial charge in [-0.05, 0) is 74.7 Å². The van der Waals surface area contributed by atoms with Crippen molar-refractivity contribution in [1.29, 1.82) is 0 Å². The van der Waals surface area contributed by atoms with Gasteiger partial charge in [0.1, 0.15) is 12.4 Å². The van der Waals surface area contributed by atoms with Gasteiger partial charge >= 0.3 is 5.97 Å². The summed E-state index contributed by atoms with van der Waals surface area (Å²) < 4.78 is 32.1. The zero-order chi connectivity index (χ0) is 33.6. The third kappa shape index (κ3) is 12.2. The van der Waals surface area contributed by atoms with Gasteiger partial charge in [-0.1, -0.05) is 67.5 Å². The maximum Gasteiger partial charge on any atom is 0.311 e. The van der Waals surface area contributed by atoms with Gasteiger partial charge in [-0.3, -0.25) is 4.79 Å². The minimum Gasteiger partial charge on any atom is -0.497 e. The summed E-state index contributed by atoms with van der Waals surface area (Å²) in [6.07, 6.45) is -0.121. The lowest BCUT2D eigenvalue weighted by Gasteiger charge is -2.44. The van der Waals surface area contributed by atoms with Crippen molar-refractivity contribution < 1.29 is 33.0 Å². The zero-order valence-electron chi connectivity index (χ0n) is 30.2. The molecule has 256 valence electrons. The van der Waals surface area contributed by atoms with Gasteiger partial charge in [-0.2, -0.15) is 0 Å². The van der Waals surface area contributed by atoms with E-state index in [0.717, 1.165) is 47.6 Å². The second-order valence-corrected chi connectivity index (χ2v) is 23.1. The highest BCUT2D eigenvalue weighted by molar-refractivity contribution is 6.74. The molecule has 1 aromatic rings. The molecule has 0 amide bonds. The maximum absolute atomic E-state index is 12.8. The van der Waals surface area contributed by atoms with Crippen molar-refractivity contribution in [3.05, 3.63) is 29.8 Å². The molecule has 1 N–H and O–H groups in total. The Labute approximate surface area is 272 Å². The molecular formula is C35H66O7Si2. The lowest BCUT2D eigenvalue weighted by molar-refractivity contribution is -0.158. The zero-order valence-corrected chi connectivity index (χ0v) is 32.2. The van der Waals surface area contributed by atoms with Gasteiger partial charge < -0.3 is 28.2 Å². The van der Waals surface area contributed by atoms with Gasteiger partial charge in [0.05, 0.1) is 37.4 Å². The van der Waals surface area contributed by atoms with Crippen molar-refractivity contribution in [1.82, 2.24) is 0 Å². The first-order chi connectivity index (χ1) is 20.7. The fourth-order valence-electron chi connectivity index (χ4n) is 5.80. The summed E-state index contributed by atoms with van der Waals surface area (Å²) in [5.74, 6) is 0.517. The third-order valence-corrected chi connectivity index (χ3v) is 19.1. The normalized spacial score (nSPS) is 16.2. The number of ether oxygens (including phenoxy) is 3. The highest BCUT2D eigenvalue weighted by Gasteiger charge is 2.42. The lowest BCUT2D eigenvalue weighted by atomic mass is 9.87. The van der Waals surface area contributed by atoms with E-state index in [9.17, 15) is 9.90 Å². The van der Waals surface area contributed by atoms with Crippen molar-refractivity contribution >= 4 is 22.6 Å². The molecule has 0 bridgehead atoms. The monoisotopic (exact) mass is 654 g/mol. The minimum atomic E-state index is -2.04. The van der Waals surface area contributed by atoms with E-state index in [0.29, 0.717) is 13.0 Å². The van der Waals surface area contributed by atoms with Crippen LogP contribution in [0.15, 0.2) is 24.3 Å². The average molecular weight is 655 g/mol. The summed E-state index contributed by atoms with van der Waals surface area (Å²) in [6.45, 7) is 24.0. The number of aliphatic hydroxyl groups is 1. The number of hydrogen-bond donors (Lipinski definition) is 1. The molecule has 0 aliphatic rings. The smallest absolute Gasteiger partial charge is 0.311 e. The van der Waals surface area contributed by atoms with Crippen LogP contribution in [0.1, 0.15) is 88.1 Å². The van der Waals surface area contributed by atoms with Crippen LogP contribution in [0.25, 0.3) is 0 Å². The number of rotatable bonds is 22. The Balaban J connectivity index is 3.51. The highest BCUT2D eigenvalue weighted by Crippen LogP contribution is 2.35. The van der Waals surface area contributed by atoms with Crippen LogP contribution in [-0.4, -0.2) is 66.3 Å². The van der Waals surface area contributed by atoms with Crippen molar-refractivity contribution in [2.75, 3.05) is 20.3 Å². The molecule has 0 fully saturated rings. The van der Waals surface area contributed by atoms with Gasteiger partial charge in [0.25, 0.3) is 0 Å². The molecule has 5 atom stereocenters. The first kappa shape index (κ1) is 40.8. The SMILES string of the molecule is CC[Si](CC)(CC)O[C@H]([C@H](C)[C@@H](C[C@H](COC(=O)C(C)(C)C)OCc1ccc(OC)cc1)O[Si](CC)(CC)CC)[C@H](C)CO. The number of aliphatic hydroxyl groups excluding tert-OH is 1. The Morgan fingerprint density at radius 3 is 1.77 bits per heavy atom. The maximum atomic E-state index is 12.8. The molecule has 9 heteroatoms. The summed E-state index contributed by atoms with van der Waals surface area (Å²) >= 11 is 0. The van der Waals surface area contributed by atoms with E-state index in [1.54, 1.807) is 7.11 Å². The van der Waals surface area contributed by atoms with Crippen LogP contribution in [-0.2, 0) is 29.7 Å². The molecule has 0 aromatic heterocycles. The molecule has 0 unspecified atom stereocenters. The molecule has 0 saturated heterocycles. The number of methoxy groups -OCH3 is 1. The second kappa shape index (κ2) is 19.4. The quantitative estimate of drug-likeness (QED) is 0.0990. The fourth-order valence-corrected chi connectivity index (χ4v) is 11.8. The molecule has 0 heterocycles. The number of hydrogen-bond acceptors (Lipinski definition) is 7. The topological polar surface area (TPSA) is 83.5 Å². The molecule has 0 aliphatic heterocycles. The van der Waals surface area contributed by atoms with Crippen LogP contribution in [0.5, 0.6) is 5.75 Å². The second-order valence-electron chi connectivity index (χ2n) is 13.6. The number of esters is 1. The Kier molecular flexibility index (Phi) is 18.0. The Hall–Kier alpha value is -1.24. The number of carbonyl (C=O) groups is 1. The largest absolute Gasteiger partial charge is 0.497 e. The van der Waals surface area contributed by atoms with E-state index in [4.69, 9.17) is 23.1 Å². The van der Waals surface area contributed by atoms with Crippen molar-refractivity contribution in [2.45, 2.75) is 144 Å². The van der Waals surface area contributed by atoms with Crippen LogP contribution in [0.4, 0.5) is 0 Å². The predicted octanol–water partition coefficient (Wildman–Crippen LogP) is 8.61. The third-order valence-electron chi connectivity index (χ3n) is 9.76. The minimum absolute atomic E-state index is 0.00982. The van der Waals surface area contributed by atoms with Crippen LogP contribution >= 0.6 is 0 Å². The summed E-state index contributed by atoms with van der Waals surface area (Å²) in [6, 6.07) is 14.0. The summed E-state index contributed by atoms with van der Waals surface area (Å²) in [7, 11) is -2.36. The summed E-state index contributed by atoms with van der Waals surface area (Å²) in [4.78, 5) is 12.8. The molecule has 0 saturated carbocycles. The van der Waals surface area contributed by atoms with Crippen molar-refractivity contribution in [3.8, 4) is 5.75 Å². The van der Waals surface area contributed by atoms with E-state index in [2.05, 4.69) is 55.4 Å². The van der Waals surface area contributed by atoms with E-state index in [1.807, 2.05) is 45.0 Å². The standard InChI is InChI=1S/C35H66O7Si2/c1-13-43(14-2,15-3)41-32(28(8)33(27(7)24-36)42-44(16-4,17-5)18-6)23-31(26-40-34(37)35(9,10)11)39-25-29-19-21-30(38-12)22-20-29/h19-22,27-28,31-33,36H,13-18,23-26H2,1-12H3/t27-,28-,31-,32-,33+/m1/s1. The van der Waals surface area contributed by atoms with E-state index in [1.165, 1.54) is 0 Å². The molecule has 1 rings (SSSR count). The predicted molar refractivity (Wildman–Crippen MR) is 186 cm³/mol. The van der Waals surface area contributed by atoms with Gasteiger partial charge in [0, 0.05) is 24.9 Å². The van der Waals surface area contributed by atoms with E-state index < -0.39 is 22.0 Å². The van der Waals surface area contributed by atoms with E-state index >= 15 is 0 Å². The van der Waals surface area contributed by atoms with Crippen LogP contribution < -0.4 is 4.74 Å². The molecule has 1 aromatic carbocycles. The van der Waals surface area contributed by atoms with Crippen LogP contribution in [0.3, 0.4) is 0 Å². The Morgan fingerprint density at radius 2 is 1.34 bits per heavy atom. The van der Waals surface area contributed by atoms with Crippen LogP contribution in [0, 0.1) is 17.3 Å². The van der Waals surface area contributed by atoms with Crippen molar-refractivity contribution in [2.24, 2.45) is 17.3 Å². The summed E-state index contributed by atoms with van der Waals surface area (Å²) in [5, 5.41) is 10.4. The van der Waals surface area contributed by atoms with E-state index in [-0.39, 0.29) is 49.3 Å². The average Bonchev–Trinajstić information content (AvgIpc) is 3.04. The lowest BCUT2D eigenvalue weighted by Crippen LogP contribution is -2.51. The van der Waals surface area contributed by atoms with Gasteiger partial charge in [0.2, 0.25) is 0 Å². The molecule has 0 radical (unpaired) electrons. The Bertz CT molecular complexity index is 909. The van der Waals surface area contributed by atoms with Gasteiger partial charge in [-0.25, -0.2) is 0 Å². The number of carbonyl (C=O) groups excluding carboxylic acids is 1. The molecular weight excluding hydrogens is 589 g/mol.